The van der Waals surface area contributed by atoms with Gasteiger partial charge in [0.1, 0.15) is 17.0 Å². The van der Waals surface area contributed by atoms with Crippen molar-refractivity contribution in [1.82, 2.24) is 10.6 Å². The molecule has 3 amide bonds. The number of hydrogen-bond acceptors (Lipinski definition) is 7. The van der Waals surface area contributed by atoms with Crippen molar-refractivity contribution in [1.29, 1.82) is 5.41 Å². The Hall–Kier alpha value is -4.34. The third-order valence-corrected chi connectivity index (χ3v) is 4.60. The van der Waals surface area contributed by atoms with E-state index in [1.165, 1.54) is 6.20 Å². The summed E-state index contributed by atoms with van der Waals surface area (Å²) >= 11 is 0. The second kappa shape index (κ2) is 13.3. The molecule has 0 aromatic heterocycles. The highest BCUT2D eigenvalue weighted by Crippen LogP contribution is 2.21. The van der Waals surface area contributed by atoms with Crippen LogP contribution in [0.4, 0.5) is 15.3 Å². The molecule has 4 N–H and O–H groups in total. The Balaban J connectivity index is 2.04. The molecule has 0 fully saturated rings. The van der Waals surface area contributed by atoms with Gasteiger partial charge in [0.25, 0.3) is 0 Å². The summed E-state index contributed by atoms with van der Waals surface area (Å²) in [5.41, 5.74) is -0.0707. The van der Waals surface area contributed by atoms with Crippen LogP contribution in [-0.4, -0.2) is 42.1 Å². The SMILES string of the molecule is CC(C)(C)OC(=O)N/C=C(\C=N)Oc1ccc(NC(=O)C(CNC(=O)OC(C)(C)C)c2ccccc2)cc1. The molecule has 0 saturated carbocycles. The predicted molar refractivity (Wildman–Crippen MR) is 145 cm³/mol. The molecule has 1 unspecified atom stereocenters. The topological polar surface area (TPSA) is 139 Å². The molecule has 10 heteroatoms. The van der Waals surface area contributed by atoms with Crippen molar-refractivity contribution in [2.45, 2.75) is 58.7 Å². The maximum Gasteiger partial charge on any atom is 0.411 e. The normalized spacial score (nSPS) is 12.5. The maximum absolute atomic E-state index is 13.1. The first kappa shape index (κ1) is 29.9. The number of amides is 3. The monoisotopic (exact) mass is 524 g/mol. The van der Waals surface area contributed by atoms with E-state index in [0.29, 0.717) is 11.4 Å². The Labute approximate surface area is 223 Å². The summed E-state index contributed by atoms with van der Waals surface area (Å²) in [6, 6.07) is 15.6. The molecule has 0 heterocycles. The van der Waals surface area contributed by atoms with Crippen molar-refractivity contribution in [2.75, 3.05) is 11.9 Å². The van der Waals surface area contributed by atoms with Gasteiger partial charge in [0.15, 0.2) is 5.76 Å². The number of hydrogen-bond donors (Lipinski definition) is 4. The van der Waals surface area contributed by atoms with Gasteiger partial charge in [-0.25, -0.2) is 9.59 Å². The smallest absolute Gasteiger partial charge is 0.411 e. The van der Waals surface area contributed by atoms with Gasteiger partial charge in [-0.2, -0.15) is 0 Å². The number of rotatable bonds is 9. The zero-order valence-electron chi connectivity index (χ0n) is 22.6. The first-order chi connectivity index (χ1) is 17.8. The fourth-order valence-corrected chi connectivity index (χ4v) is 3.06. The predicted octanol–water partition coefficient (Wildman–Crippen LogP) is 5.33. The Morgan fingerprint density at radius 2 is 1.45 bits per heavy atom. The minimum atomic E-state index is -0.673. The Morgan fingerprint density at radius 1 is 0.868 bits per heavy atom. The molecule has 38 heavy (non-hydrogen) atoms. The van der Waals surface area contributed by atoms with E-state index in [1.807, 2.05) is 30.3 Å². The van der Waals surface area contributed by atoms with Gasteiger partial charge in [-0.3, -0.25) is 10.1 Å². The van der Waals surface area contributed by atoms with E-state index >= 15 is 0 Å². The van der Waals surface area contributed by atoms with Crippen molar-refractivity contribution in [3.8, 4) is 5.75 Å². The molecule has 0 saturated heterocycles. The number of carbonyl (C=O) groups excluding carboxylic acids is 3. The largest absolute Gasteiger partial charge is 0.454 e. The average molecular weight is 525 g/mol. The summed E-state index contributed by atoms with van der Waals surface area (Å²) in [6.45, 7) is 10.6. The second-order valence-corrected chi connectivity index (χ2v) is 10.3. The van der Waals surface area contributed by atoms with Crippen LogP contribution in [0.5, 0.6) is 5.75 Å². The van der Waals surface area contributed by atoms with Crippen molar-refractivity contribution in [2.24, 2.45) is 0 Å². The molecule has 0 aliphatic rings. The van der Waals surface area contributed by atoms with Crippen LogP contribution in [0.25, 0.3) is 0 Å². The Bertz CT molecular complexity index is 1130. The quantitative estimate of drug-likeness (QED) is 0.258. The lowest BCUT2D eigenvalue weighted by atomic mass is 9.98. The summed E-state index contributed by atoms with van der Waals surface area (Å²) in [7, 11) is 0. The van der Waals surface area contributed by atoms with Gasteiger partial charge in [0, 0.05) is 12.2 Å². The molecular formula is C28H36N4O6. The molecule has 2 aromatic rings. The van der Waals surface area contributed by atoms with E-state index < -0.39 is 29.3 Å². The fourth-order valence-electron chi connectivity index (χ4n) is 3.06. The van der Waals surface area contributed by atoms with E-state index in [9.17, 15) is 14.4 Å². The molecule has 10 nitrogen and oxygen atoms in total. The standard InChI is InChI=1S/C28H36N4O6/c1-27(2,3)37-25(34)30-17-22(16-29)36-21-14-12-20(13-15-21)32-24(33)23(19-10-8-7-9-11-19)18-31-26(35)38-28(4,5)6/h7-17,23,29H,18H2,1-6H3,(H,30,34)(H,31,35)(H,32,33)/b22-17+,29-16?. The van der Waals surface area contributed by atoms with E-state index in [1.54, 1.807) is 65.8 Å². The molecular weight excluding hydrogens is 488 g/mol. The minimum absolute atomic E-state index is 0.0457. The summed E-state index contributed by atoms with van der Waals surface area (Å²) in [5, 5.41) is 15.4. The molecule has 0 aliphatic carbocycles. The molecule has 2 aromatic carbocycles. The second-order valence-electron chi connectivity index (χ2n) is 10.3. The number of nitrogens with one attached hydrogen (secondary N) is 4. The van der Waals surface area contributed by atoms with Crippen molar-refractivity contribution >= 4 is 30.0 Å². The first-order valence-electron chi connectivity index (χ1n) is 12.1. The number of allylic oxidation sites excluding steroid dienone is 1. The molecule has 0 aliphatic heterocycles. The van der Waals surface area contributed by atoms with Gasteiger partial charge in [-0.15, -0.1) is 0 Å². The molecule has 204 valence electrons. The van der Waals surface area contributed by atoms with Gasteiger partial charge in [0.05, 0.1) is 18.3 Å². The van der Waals surface area contributed by atoms with E-state index in [2.05, 4.69) is 16.0 Å². The summed E-state index contributed by atoms with van der Waals surface area (Å²) < 4.78 is 16.0. The van der Waals surface area contributed by atoms with Crippen LogP contribution in [0.2, 0.25) is 0 Å². The number of carbonyl (C=O) groups is 3. The lowest BCUT2D eigenvalue weighted by molar-refractivity contribution is -0.117. The van der Waals surface area contributed by atoms with Gasteiger partial charge in [-0.1, -0.05) is 30.3 Å². The van der Waals surface area contributed by atoms with Crippen molar-refractivity contribution < 1.29 is 28.6 Å². The summed E-state index contributed by atoms with van der Waals surface area (Å²) in [6.07, 6.45) is 0.880. The zero-order valence-corrected chi connectivity index (χ0v) is 22.6. The van der Waals surface area contributed by atoms with Crippen LogP contribution in [0, 0.1) is 5.41 Å². The minimum Gasteiger partial charge on any atom is -0.454 e. The van der Waals surface area contributed by atoms with E-state index in [4.69, 9.17) is 19.6 Å². The third kappa shape index (κ3) is 11.2. The van der Waals surface area contributed by atoms with Gasteiger partial charge in [0.2, 0.25) is 5.91 Å². The average Bonchev–Trinajstić information content (AvgIpc) is 2.81. The van der Waals surface area contributed by atoms with Gasteiger partial charge in [-0.05, 0) is 71.4 Å². The molecule has 0 spiro atoms. The van der Waals surface area contributed by atoms with Crippen LogP contribution >= 0.6 is 0 Å². The number of alkyl carbamates (subject to hydrolysis) is 2. The maximum atomic E-state index is 13.1. The summed E-state index contributed by atoms with van der Waals surface area (Å²) in [4.78, 5) is 37.1. The van der Waals surface area contributed by atoms with E-state index in [-0.39, 0.29) is 18.2 Å². The van der Waals surface area contributed by atoms with Crippen LogP contribution in [0.15, 0.2) is 66.6 Å². The number of anilines is 1. The molecule has 1 atom stereocenters. The van der Waals surface area contributed by atoms with Crippen molar-refractivity contribution in [3.05, 3.63) is 72.1 Å². The number of ether oxygens (including phenoxy) is 3. The lowest BCUT2D eigenvalue weighted by Gasteiger charge is -2.22. The lowest BCUT2D eigenvalue weighted by Crippen LogP contribution is -2.37. The zero-order chi connectivity index (χ0) is 28.3. The van der Waals surface area contributed by atoms with Crippen LogP contribution in [0.3, 0.4) is 0 Å². The Morgan fingerprint density at radius 3 is 2.00 bits per heavy atom. The first-order valence-corrected chi connectivity index (χ1v) is 12.1. The molecule has 0 radical (unpaired) electrons. The Kier molecular flexibility index (Phi) is 10.4. The fraction of sp³-hybridized carbons (Fsp3) is 0.357. The highest BCUT2D eigenvalue weighted by molar-refractivity contribution is 5.96. The third-order valence-electron chi connectivity index (χ3n) is 4.60. The molecule has 0 bridgehead atoms. The summed E-state index contributed by atoms with van der Waals surface area (Å²) in [5.74, 6) is -0.520. The van der Waals surface area contributed by atoms with Crippen LogP contribution in [0.1, 0.15) is 53.0 Å². The van der Waals surface area contributed by atoms with Crippen LogP contribution in [-0.2, 0) is 14.3 Å². The van der Waals surface area contributed by atoms with Crippen LogP contribution < -0.4 is 20.7 Å². The highest BCUT2D eigenvalue weighted by atomic mass is 16.6. The highest BCUT2D eigenvalue weighted by Gasteiger charge is 2.23. The van der Waals surface area contributed by atoms with Crippen molar-refractivity contribution in [3.63, 3.8) is 0 Å². The number of benzene rings is 2. The van der Waals surface area contributed by atoms with Gasteiger partial charge < -0.3 is 30.3 Å². The molecule has 2 rings (SSSR count). The van der Waals surface area contributed by atoms with Gasteiger partial charge >= 0.3 is 12.2 Å². The van der Waals surface area contributed by atoms with E-state index in [0.717, 1.165) is 11.8 Å².